The van der Waals surface area contributed by atoms with Crippen LogP contribution in [0.5, 0.6) is 0 Å². The summed E-state index contributed by atoms with van der Waals surface area (Å²) in [6.07, 6.45) is 7.57. The van der Waals surface area contributed by atoms with Crippen LogP contribution in [0.3, 0.4) is 0 Å². The van der Waals surface area contributed by atoms with Crippen molar-refractivity contribution in [2.24, 2.45) is 0 Å². The summed E-state index contributed by atoms with van der Waals surface area (Å²) in [5.41, 5.74) is 2.02. The largest absolute Gasteiger partial charge is 0.362 e. The lowest BCUT2D eigenvalue weighted by Gasteiger charge is -2.10. The molecule has 0 spiro atoms. The SMILES string of the molecule is O=C(CCCCCNC(=S)Nc1ccncc1)Cc1ccccc1. The number of aromatic nitrogens is 1. The number of Topliss-reactive ketones (excluding diaryl/α,β-unsaturated/α-hetero) is 1. The molecule has 0 aliphatic carbocycles. The molecule has 1 heterocycles. The van der Waals surface area contributed by atoms with E-state index in [1.165, 1.54) is 0 Å². The number of rotatable bonds is 9. The molecule has 4 nitrogen and oxygen atoms in total. The average Bonchev–Trinajstić information content (AvgIpc) is 2.60. The number of nitrogens with zero attached hydrogens (tertiary/aromatic N) is 1. The first-order valence-electron chi connectivity index (χ1n) is 8.24. The van der Waals surface area contributed by atoms with Gasteiger partial charge in [-0.05, 0) is 42.8 Å². The topological polar surface area (TPSA) is 54.0 Å². The number of hydrogen-bond acceptors (Lipinski definition) is 3. The maximum absolute atomic E-state index is 11.9. The van der Waals surface area contributed by atoms with Crippen LogP contribution in [0.25, 0.3) is 0 Å². The van der Waals surface area contributed by atoms with E-state index >= 15 is 0 Å². The summed E-state index contributed by atoms with van der Waals surface area (Å²) in [7, 11) is 0. The number of nitrogens with one attached hydrogen (secondary N) is 2. The van der Waals surface area contributed by atoms with E-state index in [0.29, 0.717) is 23.7 Å². The molecule has 1 aromatic carbocycles. The molecule has 0 unspecified atom stereocenters. The molecule has 0 radical (unpaired) electrons. The molecule has 0 fully saturated rings. The Balaban J connectivity index is 1.50. The average molecular weight is 341 g/mol. The zero-order valence-electron chi connectivity index (χ0n) is 13.7. The molecule has 0 saturated carbocycles. The Bertz CT molecular complexity index is 574. The maximum atomic E-state index is 11.9. The van der Waals surface area contributed by atoms with Crippen molar-refractivity contribution in [3.8, 4) is 0 Å². The van der Waals surface area contributed by atoms with E-state index in [2.05, 4.69) is 15.6 Å². The second kappa shape index (κ2) is 10.5. The molecule has 0 aliphatic heterocycles. The van der Waals surface area contributed by atoms with Crippen molar-refractivity contribution in [1.82, 2.24) is 10.3 Å². The highest BCUT2D eigenvalue weighted by molar-refractivity contribution is 7.80. The molecule has 5 heteroatoms. The van der Waals surface area contributed by atoms with Crippen molar-refractivity contribution < 1.29 is 4.79 Å². The number of anilines is 1. The van der Waals surface area contributed by atoms with Crippen LogP contribution < -0.4 is 10.6 Å². The third-order valence-electron chi connectivity index (χ3n) is 3.60. The molecule has 0 amide bonds. The van der Waals surface area contributed by atoms with E-state index in [1.807, 2.05) is 42.5 Å². The molecule has 24 heavy (non-hydrogen) atoms. The third kappa shape index (κ3) is 7.33. The standard InChI is InChI=1S/C19H23N3OS/c23-18(15-16-7-3-1-4-8-16)9-5-2-6-12-21-19(24)22-17-10-13-20-14-11-17/h1,3-4,7-8,10-11,13-14H,2,5-6,9,12,15H2,(H2,20,21,22,24). The molecule has 0 atom stereocenters. The number of hydrogen-bond donors (Lipinski definition) is 2. The lowest BCUT2D eigenvalue weighted by Crippen LogP contribution is -2.29. The Hall–Kier alpha value is -2.27. The summed E-state index contributed by atoms with van der Waals surface area (Å²) in [5.74, 6) is 0.309. The monoisotopic (exact) mass is 341 g/mol. The van der Waals surface area contributed by atoms with Crippen molar-refractivity contribution in [2.45, 2.75) is 32.1 Å². The highest BCUT2D eigenvalue weighted by Gasteiger charge is 2.03. The van der Waals surface area contributed by atoms with Gasteiger partial charge in [0.05, 0.1) is 0 Å². The van der Waals surface area contributed by atoms with Gasteiger partial charge in [-0.15, -0.1) is 0 Å². The fourth-order valence-electron chi connectivity index (χ4n) is 2.35. The zero-order chi connectivity index (χ0) is 17.0. The van der Waals surface area contributed by atoms with E-state index in [0.717, 1.165) is 37.1 Å². The predicted molar refractivity (Wildman–Crippen MR) is 102 cm³/mol. The summed E-state index contributed by atoms with van der Waals surface area (Å²) in [6.45, 7) is 0.809. The summed E-state index contributed by atoms with van der Waals surface area (Å²) in [6, 6.07) is 13.6. The van der Waals surface area contributed by atoms with Gasteiger partial charge in [-0.3, -0.25) is 9.78 Å². The summed E-state index contributed by atoms with van der Waals surface area (Å²) in [4.78, 5) is 15.9. The van der Waals surface area contributed by atoms with Gasteiger partial charge in [0.2, 0.25) is 0 Å². The number of carbonyl (C=O) groups is 1. The van der Waals surface area contributed by atoms with Crippen LogP contribution in [0.2, 0.25) is 0 Å². The summed E-state index contributed by atoms with van der Waals surface area (Å²) >= 11 is 5.23. The predicted octanol–water partition coefficient (Wildman–Crippen LogP) is 3.74. The van der Waals surface area contributed by atoms with E-state index in [4.69, 9.17) is 12.2 Å². The van der Waals surface area contributed by atoms with Gasteiger partial charge in [0.25, 0.3) is 0 Å². The first-order chi connectivity index (χ1) is 11.7. The minimum Gasteiger partial charge on any atom is -0.362 e. The Morgan fingerprint density at radius 3 is 2.50 bits per heavy atom. The van der Waals surface area contributed by atoms with Crippen molar-refractivity contribution in [3.05, 3.63) is 60.4 Å². The molecule has 126 valence electrons. The van der Waals surface area contributed by atoms with E-state index in [9.17, 15) is 4.79 Å². The summed E-state index contributed by atoms with van der Waals surface area (Å²) < 4.78 is 0. The molecular weight excluding hydrogens is 318 g/mol. The van der Waals surface area contributed by atoms with Gasteiger partial charge in [-0.2, -0.15) is 0 Å². The number of pyridine rings is 1. The zero-order valence-corrected chi connectivity index (χ0v) is 14.5. The second-order valence-electron chi connectivity index (χ2n) is 5.63. The summed E-state index contributed by atoms with van der Waals surface area (Å²) in [5, 5.41) is 6.89. The fraction of sp³-hybridized carbons (Fsp3) is 0.316. The van der Waals surface area contributed by atoms with E-state index < -0.39 is 0 Å². The number of carbonyl (C=O) groups excluding carboxylic acids is 1. The minimum atomic E-state index is 0.309. The van der Waals surface area contributed by atoms with Crippen molar-refractivity contribution in [3.63, 3.8) is 0 Å². The highest BCUT2D eigenvalue weighted by atomic mass is 32.1. The second-order valence-corrected chi connectivity index (χ2v) is 6.04. The Labute approximate surface area is 148 Å². The molecular formula is C19H23N3OS. The van der Waals surface area contributed by atoms with Crippen LogP contribution in [-0.4, -0.2) is 22.4 Å². The van der Waals surface area contributed by atoms with Gasteiger partial charge in [-0.1, -0.05) is 36.8 Å². The number of unbranched alkanes of at least 4 members (excludes halogenated alkanes) is 2. The molecule has 0 saturated heterocycles. The maximum Gasteiger partial charge on any atom is 0.170 e. The molecule has 0 bridgehead atoms. The van der Waals surface area contributed by atoms with Crippen molar-refractivity contribution >= 4 is 28.8 Å². The first kappa shape index (κ1) is 18.1. The number of benzene rings is 1. The van der Waals surface area contributed by atoms with Crippen LogP contribution in [0, 0.1) is 0 Å². The van der Waals surface area contributed by atoms with Gasteiger partial charge < -0.3 is 10.6 Å². The van der Waals surface area contributed by atoms with Crippen LogP contribution in [0.1, 0.15) is 31.2 Å². The third-order valence-corrected chi connectivity index (χ3v) is 3.85. The molecule has 0 aliphatic rings. The van der Waals surface area contributed by atoms with E-state index in [-0.39, 0.29) is 0 Å². The van der Waals surface area contributed by atoms with Gasteiger partial charge in [0.15, 0.2) is 5.11 Å². The van der Waals surface area contributed by atoms with Gasteiger partial charge in [0, 0.05) is 37.5 Å². The lowest BCUT2D eigenvalue weighted by molar-refractivity contribution is -0.118. The van der Waals surface area contributed by atoms with Gasteiger partial charge in [-0.25, -0.2) is 0 Å². The molecule has 2 aromatic rings. The van der Waals surface area contributed by atoms with Crippen LogP contribution in [0.4, 0.5) is 5.69 Å². The number of ketones is 1. The van der Waals surface area contributed by atoms with Crippen LogP contribution >= 0.6 is 12.2 Å². The Morgan fingerprint density at radius 1 is 1.00 bits per heavy atom. The molecule has 2 N–H and O–H groups in total. The smallest absolute Gasteiger partial charge is 0.170 e. The normalized spacial score (nSPS) is 10.2. The first-order valence-corrected chi connectivity index (χ1v) is 8.65. The van der Waals surface area contributed by atoms with E-state index in [1.54, 1.807) is 12.4 Å². The fourth-order valence-corrected chi connectivity index (χ4v) is 2.57. The molecule has 1 aromatic heterocycles. The molecule has 2 rings (SSSR count). The van der Waals surface area contributed by atoms with Gasteiger partial charge in [0.1, 0.15) is 5.78 Å². The quantitative estimate of drug-likeness (QED) is 0.537. The minimum absolute atomic E-state index is 0.309. The van der Waals surface area contributed by atoms with Crippen LogP contribution in [0.15, 0.2) is 54.9 Å². The highest BCUT2D eigenvalue weighted by Crippen LogP contribution is 2.06. The van der Waals surface area contributed by atoms with Gasteiger partial charge >= 0.3 is 0 Å². The van der Waals surface area contributed by atoms with Crippen molar-refractivity contribution in [1.29, 1.82) is 0 Å². The Kier molecular flexibility index (Phi) is 7.90. The Morgan fingerprint density at radius 2 is 1.75 bits per heavy atom. The lowest BCUT2D eigenvalue weighted by atomic mass is 10.0. The number of thiocarbonyl (C=S) groups is 1. The van der Waals surface area contributed by atoms with Crippen LogP contribution in [-0.2, 0) is 11.2 Å². The van der Waals surface area contributed by atoms with Crippen molar-refractivity contribution in [2.75, 3.05) is 11.9 Å².